The predicted molar refractivity (Wildman–Crippen MR) is 114 cm³/mol. The van der Waals surface area contributed by atoms with E-state index in [0.717, 1.165) is 70.6 Å². The first kappa shape index (κ1) is 20.6. The fraction of sp³-hybridized carbons (Fsp3) is 0.500. The van der Waals surface area contributed by atoms with Crippen LogP contribution in [0.25, 0.3) is 0 Å². The number of hydrogen-bond acceptors (Lipinski definition) is 5. The monoisotopic (exact) mass is 412 g/mol. The first-order valence-electron chi connectivity index (χ1n) is 10.8. The third-order valence-electron chi connectivity index (χ3n) is 6.15. The Morgan fingerprint density at radius 3 is 2.23 bits per heavy atom. The number of carbonyl (C=O) groups excluding carboxylic acids is 1. The molecule has 8 nitrogen and oxygen atoms in total. The number of benzene rings is 1. The summed E-state index contributed by atoms with van der Waals surface area (Å²) >= 11 is 0. The Bertz CT molecular complexity index is 800. The lowest BCUT2D eigenvalue weighted by Crippen LogP contribution is -3.28. The van der Waals surface area contributed by atoms with Crippen molar-refractivity contribution in [3.05, 3.63) is 48.3 Å². The summed E-state index contributed by atoms with van der Waals surface area (Å²) < 4.78 is 5.23. The van der Waals surface area contributed by atoms with Gasteiger partial charge >= 0.3 is 0 Å². The van der Waals surface area contributed by atoms with Crippen LogP contribution in [0.5, 0.6) is 5.75 Å². The number of anilines is 1. The first-order valence-corrected chi connectivity index (χ1v) is 10.8. The van der Waals surface area contributed by atoms with Crippen molar-refractivity contribution in [2.75, 3.05) is 70.9 Å². The van der Waals surface area contributed by atoms with Gasteiger partial charge in [0.1, 0.15) is 38.5 Å². The van der Waals surface area contributed by atoms with Gasteiger partial charge in [-0.1, -0.05) is 0 Å². The molecule has 1 aromatic carbocycles. The molecule has 2 aliphatic rings. The van der Waals surface area contributed by atoms with Crippen molar-refractivity contribution < 1.29 is 19.3 Å². The molecule has 4 rings (SSSR count). The number of amides is 1. The zero-order valence-electron chi connectivity index (χ0n) is 17.7. The number of methoxy groups -OCH3 is 1. The molecule has 2 saturated heterocycles. The topological polar surface area (TPSA) is 67.4 Å². The lowest BCUT2D eigenvalue weighted by molar-refractivity contribution is -1.02. The summed E-state index contributed by atoms with van der Waals surface area (Å²) in [5, 5.41) is 0. The average molecular weight is 413 g/mol. The molecular weight excluding hydrogens is 380 g/mol. The average Bonchev–Trinajstić information content (AvgIpc) is 2.81. The van der Waals surface area contributed by atoms with Gasteiger partial charge in [-0.25, -0.2) is 9.97 Å². The maximum absolute atomic E-state index is 12.8. The summed E-state index contributed by atoms with van der Waals surface area (Å²) in [5.41, 5.74) is 1.34. The minimum Gasteiger partial charge on any atom is -0.497 e. The van der Waals surface area contributed by atoms with Gasteiger partial charge in [0, 0.05) is 44.1 Å². The Kier molecular flexibility index (Phi) is 6.76. The van der Waals surface area contributed by atoms with Gasteiger partial charge in [0.05, 0.1) is 7.11 Å². The summed E-state index contributed by atoms with van der Waals surface area (Å²) in [5.74, 6) is 1.93. The Balaban J connectivity index is 1.18. The highest BCUT2D eigenvalue weighted by molar-refractivity contribution is 5.77. The van der Waals surface area contributed by atoms with Crippen molar-refractivity contribution in [2.45, 2.75) is 6.54 Å². The molecule has 0 spiro atoms. The smallest absolute Gasteiger partial charge is 0.277 e. The van der Waals surface area contributed by atoms with Crippen molar-refractivity contribution in [1.29, 1.82) is 0 Å². The number of nitrogens with one attached hydrogen (secondary N) is 2. The molecule has 2 N–H and O–H groups in total. The second kappa shape index (κ2) is 9.86. The molecule has 8 heteroatoms. The van der Waals surface area contributed by atoms with E-state index in [1.165, 1.54) is 10.5 Å². The Morgan fingerprint density at radius 2 is 1.60 bits per heavy atom. The van der Waals surface area contributed by atoms with Crippen LogP contribution in [-0.4, -0.2) is 86.8 Å². The van der Waals surface area contributed by atoms with E-state index < -0.39 is 0 Å². The van der Waals surface area contributed by atoms with Crippen LogP contribution in [0, 0.1) is 0 Å². The van der Waals surface area contributed by atoms with Gasteiger partial charge in [-0.05, 0) is 30.3 Å². The molecule has 0 aliphatic carbocycles. The van der Waals surface area contributed by atoms with Gasteiger partial charge in [-0.2, -0.15) is 0 Å². The third-order valence-corrected chi connectivity index (χ3v) is 6.15. The number of aromatic nitrogens is 2. The van der Waals surface area contributed by atoms with E-state index in [-0.39, 0.29) is 5.91 Å². The maximum atomic E-state index is 12.8. The fourth-order valence-corrected chi connectivity index (χ4v) is 4.28. The number of hydrogen-bond donors (Lipinski definition) is 2. The molecule has 0 saturated carbocycles. The van der Waals surface area contributed by atoms with Gasteiger partial charge in [0.15, 0.2) is 6.54 Å². The Hall–Kier alpha value is -2.71. The molecule has 1 aromatic heterocycles. The number of piperazine rings is 2. The summed E-state index contributed by atoms with van der Waals surface area (Å²) in [6.07, 6.45) is 3.53. The normalized spacial score (nSPS) is 22.0. The highest BCUT2D eigenvalue weighted by Crippen LogP contribution is 2.11. The zero-order valence-corrected chi connectivity index (χ0v) is 17.7. The standard InChI is InChI=1S/C22H30N6O2/c1-30-20-5-3-19(4-6-20)17-25-9-11-26(12-10-25)18-21(29)27-13-15-28(16-14-27)22-23-7-2-8-24-22/h2-8H,9-18H2,1H3/p+2. The lowest BCUT2D eigenvalue weighted by atomic mass is 10.2. The van der Waals surface area contributed by atoms with Crippen LogP contribution in [-0.2, 0) is 11.3 Å². The summed E-state index contributed by atoms with van der Waals surface area (Å²) in [6, 6.07) is 10.2. The number of quaternary nitrogens is 2. The van der Waals surface area contributed by atoms with Crippen LogP contribution in [0.3, 0.4) is 0 Å². The second-order valence-electron chi connectivity index (χ2n) is 8.12. The van der Waals surface area contributed by atoms with E-state index in [4.69, 9.17) is 4.74 Å². The van der Waals surface area contributed by atoms with Crippen molar-refractivity contribution in [3.63, 3.8) is 0 Å². The Morgan fingerprint density at radius 1 is 0.967 bits per heavy atom. The molecule has 3 heterocycles. The van der Waals surface area contributed by atoms with Gasteiger partial charge in [0.25, 0.3) is 5.91 Å². The minimum atomic E-state index is 0.275. The summed E-state index contributed by atoms with van der Waals surface area (Å²) in [4.78, 5) is 28.6. The SMILES string of the molecule is COc1ccc(C[NH+]2CC[NH+](CC(=O)N3CCN(c4ncccn4)CC3)CC2)cc1. The number of carbonyl (C=O) groups is 1. The summed E-state index contributed by atoms with van der Waals surface area (Å²) in [7, 11) is 1.70. The van der Waals surface area contributed by atoms with Crippen molar-refractivity contribution in [3.8, 4) is 5.75 Å². The number of rotatable bonds is 6. The molecular formula is C22H32N6O2+2. The molecule has 160 valence electrons. The highest BCUT2D eigenvalue weighted by atomic mass is 16.5. The van der Waals surface area contributed by atoms with Gasteiger partial charge < -0.3 is 24.3 Å². The van der Waals surface area contributed by atoms with E-state index in [9.17, 15) is 4.79 Å². The van der Waals surface area contributed by atoms with Crippen molar-refractivity contribution in [2.24, 2.45) is 0 Å². The van der Waals surface area contributed by atoms with E-state index in [0.29, 0.717) is 6.54 Å². The fourth-order valence-electron chi connectivity index (χ4n) is 4.28. The quantitative estimate of drug-likeness (QED) is 0.581. The van der Waals surface area contributed by atoms with Crippen LogP contribution < -0.4 is 19.4 Å². The molecule has 0 atom stereocenters. The lowest BCUT2D eigenvalue weighted by Gasteiger charge is -2.36. The zero-order chi connectivity index (χ0) is 20.8. The molecule has 2 aliphatic heterocycles. The van der Waals surface area contributed by atoms with Crippen molar-refractivity contribution >= 4 is 11.9 Å². The largest absolute Gasteiger partial charge is 0.497 e. The molecule has 30 heavy (non-hydrogen) atoms. The van der Waals surface area contributed by atoms with E-state index >= 15 is 0 Å². The number of ether oxygens (including phenoxy) is 1. The minimum absolute atomic E-state index is 0.275. The Labute approximate surface area is 178 Å². The van der Waals surface area contributed by atoms with Crippen LogP contribution in [0.4, 0.5) is 5.95 Å². The second-order valence-corrected chi connectivity index (χ2v) is 8.12. The molecule has 0 radical (unpaired) electrons. The summed E-state index contributed by atoms with van der Waals surface area (Å²) in [6.45, 7) is 9.05. The predicted octanol–water partition coefficient (Wildman–Crippen LogP) is -1.88. The van der Waals surface area contributed by atoms with Crippen LogP contribution in [0.2, 0.25) is 0 Å². The van der Waals surface area contributed by atoms with E-state index in [2.05, 4.69) is 27.0 Å². The first-order chi connectivity index (χ1) is 14.7. The molecule has 0 bridgehead atoms. The molecule has 1 amide bonds. The van der Waals surface area contributed by atoms with Gasteiger partial charge in [-0.3, -0.25) is 4.79 Å². The number of nitrogens with zero attached hydrogens (tertiary/aromatic N) is 4. The van der Waals surface area contributed by atoms with E-state index in [1.54, 1.807) is 24.4 Å². The van der Waals surface area contributed by atoms with Gasteiger partial charge in [0.2, 0.25) is 5.95 Å². The van der Waals surface area contributed by atoms with Crippen LogP contribution >= 0.6 is 0 Å². The van der Waals surface area contributed by atoms with E-state index in [1.807, 2.05) is 23.1 Å². The van der Waals surface area contributed by atoms with Gasteiger partial charge in [-0.15, -0.1) is 0 Å². The maximum Gasteiger partial charge on any atom is 0.277 e. The molecule has 2 aromatic rings. The molecule has 0 unspecified atom stereocenters. The highest BCUT2D eigenvalue weighted by Gasteiger charge is 2.28. The third kappa shape index (κ3) is 5.25. The van der Waals surface area contributed by atoms with Crippen LogP contribution in [0.15, 0.2) is 42.7 Å². The van der Waals surface area contributed by atoms with Crippen LogP contribution in [0.1, 0.15) is 5.56 Å². The molecule has 2 fully saturated rings. The van der Waals surface area contributed by atoms with Crippen molar-refractivity contribution in [1.82, 2.24) is 14.9 Å².